The summed E-state index contributed by atoms with van der Waals surface area (Å²) in [5.41, 5.74) is 1.88. The zero-order chi connectivity index (χ0) is 10.4. The van der Waals surface area contributed by atoms with E-state index in [0.29, 0.717) is 12.3 Å². The zero-order valence-corrected chi connectivity index (χ0v) is 8.59. The summed E-state index contributed by atoms with van der Waals surface area (Å²) in [6.07, 6.45) is 2.83. The Bertz CT molecular complexity index is 307. The first-order valence-electron chi connectivity index (χ1n) is 4.84. The van der Waals surface area contributed by atoms with E-state index in [-0.39, 0.29) is 0 Å². The second-order valence-corrected chi connectivity index (χ2v) is 3.34. The van der Waals surface area contributed by atoms with Crippen LogP contribution < -0.4 is 5.32 Å². The molecular formula is C12H17NO. The molecule has 0 bridgehead atoms. The average Bonchev–Trinajstić information content (AvgIpc) is 2.19. The summed E-state index contributed by atoms with van der Waals surface area (Å²) in [6.45, 7) is 7.16. The Morgan fingerprint density at radius 2 is 2.29 bits per heavy atom. The molecule has 2 N–H and O–H groups in total. The number of hydrogen-bond acceptors (Lipinski definition) is 2. The van der Waals surface area contributed by atoms with Gasteiger partial charge in [0, 0.05) is 12.1 Å². The molecule has 0 aliphatic heterocycles. The Morgan fingerprint density at radius 1 is 1.50 bits per heavy atom. The standard InChI is InChI=1S/C12H17NO/c1-3-4-8-13-9-11-7-5-6-10(2)12(11)14/h3,5-7,13-14H,1,4,8-9H2,2H3. The second-order valence-electron chi connectivity index (χ2n) is 3.34. The summed E-state index contributed by atoms with van der Waals surface area (Å²) in [5, 5.41) is 12.9. The van der Waals surface area contributed by atoms with Crippen molar-refractivity contribution in [3.63, 3.8) is 0 Å². The van der Waals surface area contributed by atoms with Gasteiger partial charge in [0.05, 0.1) is 0 Å². The minimum atomic E-state index is 0.401. The van der Waals surface area contributed by atoms with Gasteiger partial charge in [-0.05, 0) is 25.5 Å². The second kappa shape index (κ2) is 5.45. The van der Waals surface area contributed by atoms with Gasteiger partial charge >= 0.3 is 0 Å². The summed E-state index contributed by atoms with van der Waals surface area (Å²) in [4.78, 5) is 0. The highest BCUT2D eigenvalue weighted by atomic mass is 16.3. The van der Waals surface area contributed by atoms with Gasteiger partial charge in [-0.2, -0.15) is 0 Å². The van der Waals surface area contributed by atoms with Crippen molar-refractivity contribution >= 4 is 0 Å². The molecule has 1 aromatic rings. The molecule has 14 heavy (non-hydrogen) atoms. The number of aryl methyl sites for hydroxylation is 1. The first-order chi connectivity index (χ1) is 6.75. The van der Waals surface area contributed by atoms with Crippen molar-refractivity contribution in [2.45, 2.75) is 19.9 Å². The van der Waals surface area contributed by atoms with Crippen LogP contribution in [0.5, 0.6) is 5.75 Å². The van der Waals surface area contributed by atoms with Gasteiger partial charge in [0.15, 0.2) is 0 Å². The Balaban J connectivity index is 2.50. The molecule has 76 valence electrons. The Labute approximate surface area is 85.3 Å². The maximum atomic E-state index is 9.69. The molecular weight excluding hydrogens is 174 g/mol. The first-order valence-corrected chi connectivity index (χ1v) is 4.84. The van der Waals surface area contributed by atoms with Crippen molar-refractivity contribution in [1.82, 2.24) is 5.32 Å². The number of hydrogen-bond donors (Lipinski definition) is 2. The maximum Gasteiger partial charge on any atom is 0.122 e. The lowest BCUT2D eigenvalue weighted by molar-refractivity contribution is 0.460. The highest BCUT2D eigenvalue weighted by Crippen LogP contribution is 2.20. The minimum absolute atomic E-state index is 0.401. The fourth-order valence-electron chi connectivity index (χ4n) is 1.29. The van der Waals surface area contributed by atoms with Crippen LogP contribution in [0.25, 0.3) is 0 Å². The average molecular weight is 191 g/mol. The quantitative estimate of drug-likeness (QED) is 0.553. The molecule has 0 heterocycles. The van der Waals surface area contributed by atoms with E-state index < -0.39 is 0 Å². The van der Waals surface area contributed by atoms with Crippen LogP contribution in [-0.2, 0) is 6.54 Å². The van der Waals surface area contributed by atoms with Gasteiger partial charge in [-0.15, -0.1) is 6.58 Å². The lowest BCUT2D eigenvalue weighted by Crippen LogP contribution is -2.14. The molecule has 2 heteroatoms. The highest BCUT2D eigenvalue weighted by molar-refractivity contribution is 5.39. The Kier molecular flexibility index (Phi) is 4.20. The fraction of sp³-hybridized carbons (Fsp3) is 0.333. The monoisotopic (exact) mass is 191 g/mol. The molecule has 0 amide bonds. The minimum Gasteiger partial charge on any atom is -0.507 e. The molecule has 0 saturated carbocycles. The van der Waals surface area contributed by atoms with Crippen molar-refractivity contribution in [1.29, 1.82) is 0 Å². The fourth-order valence-corrected chi connectivity index (χ4v) is 1.29. The highest BCUT2D eigenvalue weighted by Gasteiger charge is 2.01. The van der Waals surface area contributed by atoms with E-state index in [2.05, 4.69) is 11.9 Å². The van der Waals surface area contributed by atoms with E-state index in [1.807, 2.05) is 31.2 Å². The van der Waals surface area contributed by atoms with E-state index >= 15 is 0 Å². The molecule has 0 unspecified atom stereocenters. The summed E-state index contributed by atoms with van der Waals surface area (Å²) < 4.78 is 0. The third-order valence-corrected chi connectivity index (χ3v) is 2.16. The van der Waals surface area contributed by atoms with Crippen LogP contribution in [0.4, 0.5) is 0 Å². The van der Waals surface area contributed by atoms with Gasteiger partial charge in [-0.1, -0.05) is 24.3 Å². The van der Waals surface area contributed by atoms with Crippen LogP contribution in [0.15, 0.2) is 30.9 Å². The van der Waals surface area contributed by atoms with Crippen LogP contribution in [-0.4, -0.2) is 11.7 Å². The summed E-state index contributed by atoms with van der Waals surface area (Å²) in [5.74, 6) is 0.401. The molecule has 1 rings (SSSR count). The maximum absolute atomic E-state index is 9.69. The molecule has 0 aliphatic carbocycles. The van der Waals surface area contributed by atoms with Crippen LogP contribution in [0.1, 0.15) is 17.5 Å². The zero-order valence-electron chi connectivity index (χ0n) is 8.59. The SMILES string of the molecule is C=CCCNCc1cccc(C)c1O. The number of phenols is 1. The lowest BCUT2D eigenvalue weighted by Gasteiger charge is -2.07. The van der Waals surface area contributed by atoms with Gasteiger partial charge < -0.3 is 10.4 Å². The number of rotatable bonds is 5. The topological polar surface area (TPSA) is 32.3 Å². The Morgan fingerprint density at radius 3 is 3.00 bits per heavy atom. The number of nitrogens with one attached hydrogen (secondary N) is 1. The summed E-state index contributed by atoms with van der Waals surface area (Å²) >= 11 is 0. The van der Waals surface area contributed by atoms with Gasteiger partial charge in [0.25, 0.3) is 0 Å². The first kappa shape index (κ1) is 10.8. The Hall–Kier alpha value is -1.28. The van der Waals surface area contributed by atoms with E-state index in [4.69, 9.17) is 0 Å². The molecule has 0 aromatic heterocycles. The molecule has 2 nitrogen and oxygen atoms in total. The predicted octanol–water partition coefficient (Wildman–Crippen LogP) is 2.37. The molecule has 0 fully saturated rings. The molecule has 0 atom stereocenters. The normalized spacial score (nSPS) is 10.1. The summed E-state index contributed by atoms with van der Waals surface area (Å²) in [7, 11) is 0. The van der Waals surface area contributed by atoms with Crippen LogP contribution in [0.2, 0.25) is 0 Å². The number of para-hydroxylation sites is 1. The van der Waals surface area contributed by atoms with Crippen molar-refractivity contribution < 1.29 is 5.11 Å². The molecule has 0 saturated heterocycles. The largest absolute Gasteiger partial charge is 0.507 e. The van der Waals surface area contributed by atoms with Crippen LogP contribution >= 0.6 is 0 Å². The van der Waals surface area contributed by atoms with Gasteiger partial charge in [0.2, 0.25) is 0 Å². The van der Waals surface area contributed by atoms with Crippen molar-refractivity contribution in [3.05, 3.63) is 42.0 Å². The number of phenolic OH excluding ortho intramolecular Hbond substituents is 1. The van der Waals surface area contributed by atoms with E-state index in [1.165, 1.54) is 0 Å². The van der Waals surface area contributed by atoms with Crippen LogP contribution in [0, 0.1) is 6.92 Å². The van der Waals surface area contributed by atoms with E-state index in [9.17, 15) is 5.11 Å². The van der Waals surface area contributed by atoms with Crippen molar-refractivity contribution in [2.24, 2.45) is 0 Å². The lowest BCUT2D eigenvalue weighted by atomic mass is 10.1. The third-order valence-electron chi connectivity index (χ3n) is 2.16. The van der Waals surface area contributed by atoms with Crippen molar-refractivity contribution in [3.8, 4) is 5.75 Å². The number of aromatic hydroxyl groups is 1. The number of benzene rings is 1. The van der Waals surface area contributed by atoms with Crippen molar-refractivity contribution in [2.75, 3.05) is 6.54 Å². The molecule has 0 spiro atoms. The molecule has 0 radical (unpaired) electrons. The van der Waals surface area contributed by atoms with Crippen LogP contribution in [0.3, 0.4) is 0 Å². The van der Waals surface area contributed by atoms with E-state index in [0.717, 1.165) is 24.1 Å². The molecule has 1 aromatic carbocycles. The van der Waals surface area contributed by atoms with E-state index in [1.54, 1.807) is 0 Å². The summed E-state index contributed by atoms with van der Waals surface area (Å²) in [6, 6.07) is 5.80. The van der Waals surface area contributed by atoms with Gasteiger partial charge in [-0.3, -0.25) is 0 Å². The van der Waals surface area contributed by atoms with Gasteiger partial charge in [0.1, 0.15) is 5.75 Å². The predicted molar refractivity (Wildman–Crippen MR) is 59.4 cm³/mol. The molecule has 0 aliphatic rings. The third kappa shape index (κ3) is 2.89. The smallest absolute Gasteiger partial charge is 0.122 e. The van der Waals surface area contributed by atoms with Gasteiger partial charge in [-0.25, -0.2) is 0 Å².